The summed E-state index contributed by atoms with van der Waals surface area (Å²) < 4.78 is 11.1. The molecule has 4 nitrogen and oxygen atoms in total. The molecule has 0 fully saturated rings. The molecule has 0 atom stereocenters. The Balaban J connectivity index is 1.74. The molecular weight excluding hydrogens is 266 g/mol. The highest BCUT2D eigenvalue weighted by atomic mass is 16.6. The molecule has 108 valence electrons. The van der Waals surface area contributed by atoms with Crippen LogP contribution in [0.1, 0.15) is 11.1 Å². The lowest BCUT2D eigenvalue weighted by Crippen LogP contribution is -2.18. The first-order valence-corrected chi connectivity index (χ1v) is 6.96. The summed E-state index contributed by atoms with van der Waals surface area (Å²) in [6.45, 7) is 3.09. The largest absolute Gasteiger partial charge is 0.486 e. The van der Waals surface area contributed by atoms with Gasteiger partial charge in [0.2, 0.25) is 5.91 Å². The van der Waals surface area contributed by atoms with Gasteiger partial charge in [-0.1, -0.05) is 18.2 Å². The van der Waals surface area contributed by atoms with Crippen molar-refractivity contribution in [2.24, 2.45) is 0 Å². The Morgan fingerprint density at radius 2 is 1.76 bits per heavy atom. The van der Waals surface area contributed by atoms with Gasteiger partial charge in [0.05, 0.1) is 6.42 Å². The number of rotatable bonds is 3. The standard InChI is InChI=1S/C17H17NO3/c1-12-9-15-16(21-8-7-20-15)10-13(12)11-17(19)18-14-5-3-2-4-6-14/h2-6,9-10H,7-8,11H2,1H3,(H,18,19). The molecule has 2 aromatic carbocycles. The van der Waals surface area contributed by atoms with E-state index in [-0.39, 0.29) is 5.91 Å². The minimum atomic E-state index is -0.0408. The third-order valence-corrected chi connectivity index (χ3v) is 3.41. The Labute approximate surface area is 123 Å². The summed E-state index contributed by atoms with van der Waals surface area (Å²) in [6, 6.07) is 13.3. The van der Waals surface area contributed by atoms with Gasteiger partial charge in [0.15, 0.2) is 11.5 Å². The molecule has 3 rings (SSSR count). The number of ether oxygens (including phenoxy) is 2. The number of aryl methyl sites for hydroxylation is 1. The molecule has 0 unspecified atom stereocenters. The van der Waals surface area contributed by atoms with E-state index in [1.165, 1.54) is 0 Å². The van der Waals surface area contributed by atoms with Gasteiger partial charge in [-0.25, -0.2) is 0 Å². The molecule has 21 heavy (non-hydrogen) atoms. The zero-order chi connectivity index (χ0) is 14.7. The van der Waals surface area contributed by atoms with Crippen LogP contribution in [-0.2, 0) is 11.2 Å². The van der Waals surface area contributed by atoms with Crippen molar-refractivity contribution in [3.63, 3.8) is 0 Å². The fraction of sp³-hybridized carbons (Fsp3) is 0.235. The topological polar surface area (TPSA) is 47.6 Å². The van der Waals surface area contributed by atoms with E-state index in [9.17, 15) is 4.79 Å². The maximum absolute atomic E-state index is 12.1. The van der Waals surface area contributed by atoms with Gasteiger partial charge in [-0.15, -0.1) is 0 Å². The summed E-state index contributed by atoms with van der Waals surface area (Å²) >= 11 is 0. The molecular formula is C17H17NO3. The normalized spacial score (nSPS) is 12.8. The molecule has 1 N–H and O–H groups in total. The fourth-order valence-corrected chi connectivity index (χ4v) is 2.32. The first-order valence-electron chi connectivity index (χ1n) is 6.96. The highest BCUT2D eigenvalue weighted by molar-refractivity contribution is 5.92. The van der Waals surface area contributed by atoms with Crippen LogP contribution < -0.4 is 14.8 Å². The zero-order valence-corrected chi connectivity index (χ0v) is 11.9. The van der Waals surface area contributed by atoms with Crippen molar-refractivity contribution < 1.29 is 14.3 Å². The number of hydrogen-bond acceptors (Lipinski definition) is 3. The van der Waals surface area contributed by atoms with E-state index >= 15 is 0 Å². The molecule has 0 spiro atoms. The van der Waals surface area contributed by atoms with Crippen LogP contribution in [0.2, 0.25) is 0 Å². The molecule has 1 amide bonds. The van der Waals surface area contributed by atoms with E-state index < -0.39 is 0 Å². The molecule has 1 heterocycles. The molecule has 1 aliphatic rings. The lowest BCUT2D eigenvalue weighted by atomic mass is 10.0. The molecule has 4 heteroatoms. The van der Waals surface area contributed by atoms with E-state index in [0.717, 1.165) is 28.3 Å². The lowest BCUT2D eigenvalue weighted by Gasteiger charge is -2.20. The molecule has 0 aromatic heterocycles. The summed E-state index contributed by atoms with van der Waals surface area (Å²) in [4.78, 5) is 12.1. The van der Waals surface area contributed by atoms with Crippen molar-refractivity contribution in [2.75, 3.05) is 18.5 Å². The second-order valence-corrected chi connectivity index (χ2v) is 5.01. The monoisotopic (exact) mass is 283 g/mol. The van der Waals surface area contributed by atoms with Gasteiger partial charge in [-0.3, -0.25) is 4.79 Å². The van der Waals surface area contributed by atoms with Gasteiger partial charge in [-0.05, 0) is 42.3 Å². The molecule has 0 radical (unpaired) electrons. The van der Waals surface area contributed by atoms with E-state index in [2.05, 4.69) is 5.32 Å². The molecule has 0 saturated carbocycles. The van der Waals surface area contributed by atoms with Crippen molar-refractivity contribution >= 4 is 11.6 Å². The predicted octanol–water partition coefficient (Wildman–Crippen LogP) is 2.95. The fourth-order valence-electron chi connectivity index (χ4n) is 2.32. The predicted molar refractivity (Wildman–Crippen MR) is 80.9 cm³/mol. The van der Waals surface area contributed by atoms with Crippen LogP contribution in [-0.4, -0.2) is 19.1 Å². The van der Waals surface area contributed by atoms with Crippen LogP contribution in [0.4, 0.5) is 5.69 Å². The Morgan fingerprint density at radius 1 is 1.10 bits per heavy atom. The smallest absolute Gasteiger partial charge is 0.228 e. The lowest BCUT2D eigenvalue weighted by molar-refractivity contribution is -0.115. The maximum Gasteiger partial charge on any atom is 0.228 e. The van der Waals surface area contributed by atoms with Crippen LogP contribution in [0, 0.1) is 6.92 Å². The van der Waals surface area contributed by atoms with Gasteiger partial charge in [0, 0.05) is 5.69 Å². The number of carbonyl (C=O) groups excluding carboxylic acids is 1. The van der Waals surface area contributed by atoms with Crippen molar-refractivity contribution in [1.29, 1.82) is 0 Å². The minimum absolute atomic E-state index is 0.0408. The highest BCUT2D eigenvalue weighted by Gasteiger charge is 2.15. The number of amides is 1. The van der Waals surface area contributed by atoms with Crippen molar-refractivity contribution in [3.8, 4) is 11.5 Å². The van der Waals surface area contributed by atoms with Crippen LogP contribution in [0.25, 0.3) is 0 Å². The SMILES string of the molecule is Cc1cc2c(cc1CC(=O)Nc1ccccc1)OCCO2. The number of anilines is 1. The third-order valence-electron chi connectivity index (χ3n) is 3.41. The Bertz CT molecular complexity index is 653. The second-order valence-electron chi connectivity index (χ2n) is 5.01. The summed E-state index contributed by atoms with van der Waals surface area (Å²) in [6.07, 6.45) is 0.317. The number of carbonyl (C=O) groups is 1. The van der Waals surface area contributed by atoms with Crippen molar-refractivity contribution in [1.82, 2.24) is 0 Å². The number of para-hydroxylation sites is 1. The van der Waals surface area contributed by atoms with Gasteiger partial charge in [0.1, 0.15) is 13.2 Å². The van der Waals surface area contributed by atoms with Crippen molar-refractivity contribution in [2.45, 2.75) is 13.3 Å². The van der Waals surface area contributed by atoms with E-state index in [1.54, 1.807) is 0 Å². The first kappa shape index (κ1) is 13.5. The van der Waals surface area contributed by atoms with E-state index in [4.69, 9.17) is 9.47 Å². The van der Waals surface area contributed by atoms with Crippen LogP contribution in [0.5, 0.6) is 11.5 Å². The van der Waals surface area contributed by atoms with E-state index in [1.807, 2.05) is 49.4 Å². The number of benzene rings is 2. The maximum atomic E-state index is 12.1. The zero-order valence-electron chi connectivity index (χ0n) is 11.9. The Hall–Kier alpha value is -2.49. The number of nitrogens with one attached hydrogen (secondary N) is 1. The quantitative estimate of drug-likeness (QED) is 0.942. The molecule has 0 aliphatic carbocycles. The Morgan fingerprint density at radius 3 is 2.48 bits per heavy atom. The van der Waals surface area contributed by atoms with Gasteiger partial charge in [0.25, 0.3) is 0 Å². The summed E-state index contributed by atoms with van der Waals surface area (Å²) in [5, 5.41) is 2.89. The Kier molecular flexibility index (Phi) is 3.77. The van der Waals surface area contributed by atoms with Crippen LogP contribution in [0.15, 0.2) is 42.5 Å². The molecule has 1 aliphatic heterocycles. The summed E-state index contributed by atoms with van der Waals surface area (Å²) in [5.41, 5.74) is 2.79. The van der Waals surface area contributed by atoms with Gasteiger partial charge >= 0.3 is 0 Å². The molecule has 2 aromatic rings. The van der Waals surface area contributed by atoms with E-state index in [0.29, 0.717) is 19.6 Å². The average molecular weight is 283 g/mol. The van der Waals surface area contributed by atoms with Crippen LogP contribution >= 0.6 is 0 Å². The van der Waals surface area contributed by atoms with Gasteiger partial charge in [-0.2, -0.15) is 0 Å². The summed E-state index contributed by atoms with van der Waals surface area (Å²) in [7, 11) is 0. The average Bonchev–Trinajstić information content (AvgIpc) is 2.49. The number of hydrogen-bond donors (Lipinski definition) is 1. The summed E-state index contributed by atoms with van der Waals surface area (Å²) in [5.74, 6) is 1.43. The number of fused-ring (bicyclic) bond motifs is 1. The van der Waals surface area contributed by atoms with Crippen molar-refractivity contribution in [3.05, 3.63) is 53.6 Å². The second kappa shape index (κ2) is 5.87. The first-order chi connectivity index (χ1) is 10.2. The molecule has 0 saturated heterocycles. The molecule has 0 bridgehead atoms. The highest BCUT2D eigenvalue weighted by Crippen LogP contribution is 2.33. The van der Waals surface area contributed by atoms with Gasteiger partial charge < -0.3 is 14.8 Å². The van der Waals surface area contributed by atoms with Crippen LogP contribution in [0.3, 0.4) is 0 Å². The minimum Gasteiger partial charge on any atom is -0.486 e. The third kappa shape index (κ3) is 3.16.